The van der Waals surface area contributed by atoms with E-state index in [2.05, 4.69) is 41.5 Å². The van der Waals surface area contributed by atoms with Crippen molar-refractivity contribution in [1.29, 1.82) is 0 Å². The molecule has 4 fully saturated rings. The number of aliphatic hydroxyl groups excluding tert-OH is 1. The number of hydrogen-bond acceptors (Lipinski definition) is 1. The number of fused-ring (bicyclic) bond motifs is 5. The van der Waals surface area contributed by atoms with E-state index in [0.717, 1.165) is 47.3 Å². The van der Waals surface area contributed by atoms with Gasteiger partial charge in [0.15, 0.2) is 0 Å². The summed E-state index contributed by atoms with van der Waals surface area (Å²) in [5.74, 6) is 7.91. The first-order valence-corrected chi connectivity index (χ1v) is 13.3. The number of hydrogen-bond donors (Lipinski definition) is 1. The van der Waals surface area contributed by atoms with Gasteiger partial charge in [0.2, 0.25) is 0 Å². The topological polar surface area (TPSA) is 20.2 Å². The van der Waals surface area contributed by atoms with E-state index in [-0.39, 0.29) is 0 Å². The molecule has 4 aliphatic carbocycles. The van der Waals surface area contributed by atoms with Crippen molar-refractivity contribution in [2.45, 2.75) is 106 Å². The highest BCUT2D eigenvalue weighted by atomic mass is 16.3. The lowest BCUT2D eigenvalue weighted by Crippen LogP contribution is -2.51. The van der Waals surface area contributed by atoms with E-state index in [0.29, 0.717) is 23.4 Å². The Hall–Kier alpha value is -0.0400. The van der Waals surface area contributed by atoms with E-state index in [9.17, 15) is 5.11 Å². The third kappa shape index (κ3) is 3.54. The molecule has 4 rings (SSSR count). The Morgan fingerprint density at radius 1 is 0.759 bits per heavy atom. The van der Waals surface area contributed by atoms with Crippen LogP contribution >= 0.6 is 0 Å². The fourth-order valence-electron chi connectivity index (χ4n) is 9.58. The Labute approximate surface area is 181 Å². The van der Waals surface area contributed by atoms with E-state index in [1.165, 1.54) is 64.2 Å². The molecule has 0 aliphatic heterocycles. The van der Waals surface area contributed by atoms with Gasteiger partial charge in [-0.2, -0.15) is 0 Å². The lowest BCUT2D eigenvalue weighted by atomic mass is 9.46. The van der Waals surface area contributed by atoms with Crippen molar-refractivity contribution in [3.8, 4) is 0 Å². The summed E-state index contributed by atoms with van der Waals surface area (Å²) in [7, 11) is 0. The fraction of sp³-hybridized carbons (Fsp3) is 1.00. The van der Waals surface area contributed by atoms with Crippen LogP contribution in [-0.2, 0) is 0 Å². The summed E-state index contributed by atoms with van der Waals surface area (Å²) < 4.78 is 0. The van der Waals surface area contributed by atoms with Crippen molar-refractivity contribution in [1.82, 2.24) is 0 Å². The molecule has 0 aromatic carbocycles. The summed E-state index contributed by atoms with van der Waals surface area (Å²) >= 11 is 0. The first-order valence-electron chi connectivity index (χ1n) is 13.3. The molecule has 0 saturated heterocycles. The Morgan fingerprint density at radius 3 is 2.10 bits per heavy atom. The van der Waals surface area contributed by atoms with Gasteiger partial charge >= 0.3 is 0 Å². The van der Waals surface area contributed by atoms with Crippen LogP contribution in [0.25, 0.3) is 0 Å². The van der Waals surface area contributed by atoms with Crippen LogP contribution in [0.1, 0.15) is 106 Å². The normalized spacial score (nSPS) is 48.8. The van der Waals surface area contributed by atoms with Crippen LogP contribution in [0.3, 0.4) is 0 Å². The van der Waals surface area contributed by atoms with Crippen molar-refractivity contribution in [2.75, 3.05) is 6.61 Å². The molecule has 1 nitrogen and oxygen atoms in total. The van der Waals surface area contributed by atoms with Crippen molar-refractivity contribution in [3.63, 3.8) is 0 Å². The molecule has 1 heteroatoms. The monoisotopic (exact) mass is 402 g/mol. The largest absolute Gasteiger partial charge is 0.396 e. The number of aliphatic hydroxyl groups is 1. The molecule has 0 amide bonds. The predicted octanol–water partition coefficient (Wildman–Crippen LogP) is 7.57. The molecule has 0 spiro atoms. The molecule has 0 unspecified atom stereocenters. The zero-order chi connectivity index (χ0) is 21.0. The predicted molar refractivity (Wildman–Crippen MR) is 124 cm³/mol. The summed E-state index contributed by atoms with van der Waals surface area (Å²) in [6, 6.07) is 0. The average molecular weight is 403 g/mol. The van der Waals surface area contributed by atoms with E-state index >= 15 is 0 Å². The van der Waals surface area contributed by atoms with E-state index in [4.69, 9.17) is 0 Å². The highest BCUT2D eigenvalue weighted by Gasteiger charge is 2.61. The molecule has 0 bridgehead atoms. The molecule has 168 valence electrons. The summed E-state index contributed by atoms with van der Waals surface area (Å²) in [4.78, 5) is 0. The Bertz CT molecular complexity index is 569. The minimum Gasteiger partial charge on any atom is -0.396 e. The fourth-order valence-corrected chi connectivity index (χ4v) is 9.58. The van der Waals surface area contributed by atoms with Crippen LogP contribution < -0.4 is 0 Å². The second-order valence-corrected chi connectivity index (χ2v) is 13.1. The summed E-state index contributed by atoms with van der Waals surface area (Å²) in [6.45, 7) is 15.6. The average Bonchev–Trinajstić information content (AvgIpc) is 3.22. The molecular weight excluding hydrogens is 352 g/mol. The van der Waals surface area contributed by atoms with Gasteiger partial charge in [-0.05, 0) is 115 Å². The number of rotatable bonds is 6. The van der Waals surface area contributed by atoms with Crippen LogP contribution in [-0.4, -0.2) is 11.7 Å². The van der Waals surface area contributed by atoms with Gasteiger partial charge in [-0.3, -0.25) is 0 Å². The second kappa shape index (κ2) is 8.14. The van der Waals surface area contributed by atoms with E-state index < -0.39 is 0 Å². The Balaban J connectivity index is 1.46. The minimum absolute atomic E-state index is 0.438. The van der Waals surface area contributed by atoms with Gasteiger partial charge in [0.25, 0.3) is 0 Å². The van der Waals surface area contributed by atoms with Crippen molar-refractivity contribution >= 4 is 0 Å². The maximum absolute atomic E-state index is 9.93. The van der Waals surface area contributed by atoms with Gasteiger partial charge in [-0.25, -0.2) is 0 Å². The molecule has 0 aromatic heterocycles. The van der Waals surface area contributed by atoms with Crippen LogP contribution in [0.5, 0.6) is 0 Å². The standard InChI is InChI=1S/C28H50O/c1-18(2)19(3)7-8-20(4)23-11-12-25-22-9-10-24-21(17-29)13-15-28(24,6)26(22)14-16-27(23,25)5/h18-26,29H,7-17H2,1-6H3/t19-,20-,21-,22+,23-,24+,25+,26+,27-,28+/m1/s1. The van der Waals surface area contributed by atoms with Gasteiger partial charge < -0.3 is 5.11 Å². The minimum atomic E-state index is 0.438. The van der Waals surface area contributed by atoms with Gasteiger partial charge in [-0.15, -0.1) is 0 Å². The smallest absolute Gasteiger partial charge is 0.0462 e. The molecule has 1 N–H and O–H groups in total. The van der Waals surface area contributed by atoms with Gasteiger partial charge in [0, 0.05) is 6.61 Å². The van der Waals surface area contributed by atoms with Gasteiger partial charge in [0.05, 0.1) is 0 Å². The summed E-state index contributed by atoms with van der Waals surface area (Å²) in [5.41, 5.74) is 1.15. The highest BCUT2D eigenvalue weighted by Crippen LogP contribution is 2.69. The highest BCUT2D eigenvalue weighted by molar-refractivity contribution is 5.10. The zero-order valence-corrected chi connectivity index (χ0v) is 20.4. The van der Waals surface area contributed by atoms with Crippen LogP contribution in [0, 0.1) is 64.1 Å². The van der Waals surface area contributed by atoms with Gasteiger partial charge in [0.1, 0.15) is 0 Å². The lowest BCUT2D eigenvalue weighted by Gasteiger charge is -2.58. The van der Waals surface area contributed by atoms with Crippen LogP contribution in [0.15, 0.2) is 0 Å². The summed E-state index contributed by atoms with van der Waals surface area (Å²) in [6.07, 6.45) is 14.4. The molecule has 0 aromatic rings. The lowest BCUT2D eigenvalue weighted by molar-refractivity contribution is -0.0976. The first-order chi connectivity index (χ1) is 13.7. The molecule has 10 atom stereocenters. The maximum atomic E-state index is 9.93. The molecule has 0 heterocycles. The first kappa shape index (κ1) is 22.2. The Morgan fingerprint density at radius 2 is 1.41 bits per heavy atom. The van der Waals surface area contributed by atoms with E-state index in [1.54, 1.807) is 0 Å². The summed E-state index contributed by atoms with van der Waals surface area (Å²) in [5, 5.41) is 9.93. The molecule has 0 radical (unpaired) electrons. The van der Waals surface area contributed by atoms with E-state index in [1.807, 2.05) is 0 Å². The van der Waals surface area contributed by atoms with Crippen molar-refractivity contribution in [2.24, 2.45) is 64.1 Å². The zero-order valence-electron chi connectivity index (χ0n) is 20.4. The quantitative estimate of drug-likeness (QED) is 0.485. The third-order valence-corrected chi connectivity index (χ3v) is 11.8. The van der Waals surface area contributed by atoms with Gasteiger partial charge in [-0.1, -0.05) is 54.4 Å². The van der Waals surface area contributed by atoms with Crippen molar-refractivity contribution in [3.05, 3.63) is 0 Å². The van der Waals surface area contributed by atoms with Crippen LogP contribution in [0.2, 0.25) is 0 Å². The molecule has 4 aliphatic rings. The van der Waals surface area contributed by atoms with Crippen molar-refractivity contribution < 1.29 is 5.11 Å². The molecule has 29 heavy (non-hydrogen) atoms. The molecular formula is C28H50O. The maximum Gasteiger partial charge on any atom is 0.0462 e. The third-order valence-electron chi connectivity index (χ3n) is 11.8. The molecule has 4 saturated carbocycles. The second-order valence-electron chi connectivity index (χ2n) is 13.1. The Kier molecular flexibility index (Phi) is 6.22. The van der Waals surface area contributed by atoms with Crippen LogP contribution in [0.4, 0.5) is 0 Å². The SMILES string of the molecule is CC(C)[C@H](C)CC[C@@H](C)[C@H]1CC[C@H]2[C@@H]3CC[C@H]4[C@@H](CO)CC[C@]4(C)[C@H]3CC[C@]12C.